The van der Waals surface area contributed by atoms with Crippen LogP contribution in [0.1, 0.15) is 38.2 Å². The van der Waals surface area contributed by atoms with Crippen LogP contribution in [0.25, 0.3) is 0 Å². The van der Waals surface area contributed by atoms with E-state index < -0.39 is 0 Å². The highest BCUT2D eigenvalue weighted by Crippen LogP contribution is 2.18. The molecule has 1 saturated heterocycles. The molecule has 1 aromatic rings. The van der Waals surface area contributed by atoms with Gasteiger partial charge < -0.3 is 10.1 Å². The fraction of sp³-hybridized carbons (Fsp3) is 0.600. The first-order chi connectivity index (χ1) is 8.38. The van der Waals surface area contributed by atoms with Crippen LogP contribution in [0.15, 0.2) is 24.3 Å². The molecule has 0 spiro atoms. The van der Waals surface area contributed by atoms with E-state index in [1.807, 2.05) is 0 Å². The smallest absolute Gasteiger partial charge is 0.119 e. The zero-order chi connectivity index (χ0) is 11.9. The molecule has 0 atom stereocenters. The summed E-state index contributed by atoms with van der Waals surface area (Å²) in [6.45, 7) is 4.40. The quantitative estimate of drug-likeness (QED) is 0.843. The number of unbranched alkanes of at least 4 members (excludes halogenated alkanes) is 1. The summed E-state index contributed by atoms with van der Waals surface area (Å²) >= 11 is 0. The summed E-state index contributed by atoms with van der Waals surface area (Å²) in [5, 5.41) is 3.35. The third kappa shape index (κ3) is 4.04. The topological polar surface area (TPSA) is 21.3 Å². The van der Waals surface area contributed by atoms with Gasteiger partial charge >= 0.3 is 0 Å². The standard InChI is InChI=1S/C15H23NO/c1-2-3-4-13-5-7-14(8-6-13)17-15-9-11-16-12-10-15/h5-8,15-16H,2-4,9-12H2,1H3. The maximum Gasteiger partial charge on any atom is 0.119 e. The predicted octanol–water partition coefficient (Wildman–Crippen LogP) is 3.16. The molecule has 1 aliphatic heterocycles. The molecule has 1 aromatic carbocycles. The Morgan fingerprint density at radius 1 is 1.18 bits per heavy atom. The van der Waals surface area contributed by atoms with E-state index >= 15 is 0 Å². The van der Waals surface area contributed by atoms with E-state index in [9.17, 15) is 0 Å². The van der Waals surface area contributed by atoms with Crippen molar-refractivity contribution in [2.45, 2.75) is 45.1 Å². The highest BCUT2D eigenvalue weighted by Gasteiger charge is 2.13. The zero-order valence-corrected chi connectivity index (χ0v) is 10.7. The average Bonchev–Trinajstić information content (AvgIpc) is 2.39. The van der Waals surface area contributed by atoms with Gasteiger partial charge in [0.15, 0.2) is 0 Å². The Kier molecular flexibility index (Phi) is 4.87. The van der Waals surface area contributed by atoms with Gasteiger partial charge in [0.1, 0.15) is 11.9 Å². The van der Waals surface area contributed by atoms with Crippen LogP contribution in [0.3, 0.4) is 0 Å². The summed E-state index contributed by atoms with van der Waals surface area (Å²) in [7, 11) is 0. The molecule has 1 fully saturated rings. The van der Waals surface area contributed by atoms with E-state index in [1.54, 1.807) is 0 Å². The Morgan fingerprint density at radius 3 is 2.53 bits per heavy atom. The Bertz CT molecular complexity index is 314. The Balaban J connectivity index is 1.84. The van der Waals surface area contributed by atoms with Crippen molar-refractivity contribution in [1.82, 2.24) is 5.32 Å². The number of nitrogens with one attached hydrogen (secondary N) is 1. The monoisotopic (exact) mass is 233 g/mol. The minimum absolute atomic E-state index is 0.401. The number of piperidine rings is 1. The van der Waals surface area contributed by atoms with E-state index in [4.69, 9.17) is 4.74 Å². The minimum Gasteiger partial charge on any atom is -0.490 e. The Morgan fingerprint density at radius 2 is 1.88 bits per heavy atom. The first-order valence-corrected chi connectivity index (χ1v) is 6.85. The first kappa shape index (κ1) is 12.4. The van der Waals surface area contributed by atoms with Crippen LogP contribution in [-0.4, -0.2) is 19.2 Å². The van der Waals surface area contributed by atoms with Crippen LogP contribution in [-0.2, 0) is 6.42 Å². The van der Waals surface area contributed by atoms with E-state index in [-0.39, 0.29) is 0 Å². The van der Waals surface area contributed by atoms with Crippen molar-refractivity contribution in [3.05, 3.63) is 29.8 Å². The molecule has 0 amide bonds. The predicted molar refractivity (Wildman–Crippen MR) is 71.6 cm³/mol. The van der Waals surface area contributed by atoms with Crippen LogP contribution in [0.2, 0.25) is 0 Å². The highest BCUT2D eigenvalue weighted by molar-refractivity contribution is 5.27. The molecular weight excluding hydrogens is 210 g/mol. The van der Waals surface area contributed by atoms with Crippen LogP contribution >= 0.6 is 0 Å². The van der Waals surface area contributed by atoms with Gasteiger partial charge in [0.05, 0.1) is 0 Å². The van der Waals surface area contributed by atoms with Crippen LogP contribution < -0.4 is 10.1 Å². The summed E-state index contributed by atoms with van der Waals surface area (Å²) in [6, 6.07) is 8.64. The van der Waals surface area contributed by atoms with Crippen molar-refractivity contribution in [2.75, 3.05) is 13.1 Å². The summed E-state index contributed by atoms with van der Waals surface area (Å²) in [5.74, 6) is 1.03. The van der Waals surface area contributed by atoms with Crippen LogP contribution in [0, 0.1) is 0 Å². The van der Waals surface area contributed by atoms with Gasteiger partial charge in [-0.1, -0.05) is 25.5 Å². The van der Waals surface area contributed by atoms with Crippen molar-refractivity contribution in [3.8, 4) is 5.75 Å². The summed E-state index contributed by atoms with van der Waals surface area (Å²) in [4.78, 5) is 0. The molecule has 2 rings (SSSR count). The molecule has 2 nitrogen and oxygen atoms in total. The minimum atomic E-state index is 0.401. The third-order valence-electron chi connectivity index (χ3n) is 3.33. The van der Waals surface area contributed by atoms with Crippen molar-refractivity contribution < 1.29 is 4.74 Å². The summed E-state index contributed by atoms with van der Waals surface area (Å²) in [5.41, 5.74) is 1.42. The Labute approximate surface area is 104 Å². The van der Waals surface area contributed by atoms with Crippen molar-refractivity contribution >= 4 is 0 Å². The second kappa shape index (κ2) is 6.65. The van der Waals surface area contributed by atoms with Gasteiger partial charge in [0.2, 0.25) is 0 Å². The maximum atomic E-state index is 5.97. The first-order valence-electron chi connectivity index (χ1n) is 6.85. The molecule has 1 N–H and O–H groups in total. The highest BCUT2D eigenvalue weighted by atomic mass is 16.5. The number of rotatable bonds is 5. The third-order valence-corrected chi connectivity index (χ3v) is 3.33. The number of ether oxygens (including phenoxy) is 1. The summed E-state index contributed by atoms with van der Waals surface area (Å²) in [6.07, 6.45) is 6.36. The molecule has 1 aliphatic rings. The van der Waals surface area contributed by atoms with Gasteiger partial charge in [-0.3, -0.25) is 0 Å². The van der Waals surface area contributed by atoms with E-state index in [0.29, 0.717) is 6.10 Å². The van der Waals surface area contributed by atoms with Gasteiger partial charge in [0, 0.05) is 0 Å². The largest absolute Gasteiger partial charge is 0.490 e. The molecular formula is C15H23NO. The van der Waals surface area contributed by atoms with E-state index in [0.717, 1.165) is 31.7 Å². The normalized spacial score (nSPS) is 17.0. The zero-order valence-electron chi connectivity index (χ0n) is 10.7. The summed E-state index contributed by atoms with van der Waals surface area (Å²) < 4.78 is 5.97. The SMILES string of the molecule is CCCCc1ccc(OC2CCNCC2)cc1. The Hall–Kier alpha value is -1.02. The maximum absolute atomic E-state index is 5.97. The lowest BCUT2D eigenvalue weighted by atomic mass is 10.1. The molecule has 0 radical (unpaired) electrons. The second-order valence-corrected chi connectivity index (χ2v) is 4.81. The molecule has 94 valence electrons. The molecule has 0 unspecified atom stereocenters. The molecule has 2 heteroatoms. The number of hydrogen-bond donors (Lipinski definition) is 1. The number of aryl methyl sites for hydroxylation is 1. The molecule has 0 aromatic heterocycles. The van der Waals surface area contributed by atoms with Gasteiger partial charge in [-0.05, 0) is 56.5 Å². The molecule has 0 saturated carbocycles. The molecule has 1 heterocycles. The van der Waals surface area contributed by atoms with Crippen LogP contribution in [0.4, 0.5) is 0 Å². The molecule has 0 bridgehead atoms. The number of hydrogen-bond acceptors (Lipinski definition) is 2. The van der Waals surface area contributed by atoms with E-state index in [2.05, 4.69) is 36.5 Å². The van der Waals surface area contributed by atoms with Crippen LogP contribution in [0.5, 0.6) is 5.75 Å². The van der Waals surface area contributed by atoms with Gasteiger partial charge in [-0.2, -0.15) is 0 Å². The van der Waals surface area contributed by atoms with E-state index in [1.165, 1.54) is 24.8 Å². The fourth-order valence-electron chi connectivity index (χ4n) is 2.22. The molecule has 0 aliphatic carbocycles. The molecule has 17 heavy (non-hydrogen) atoms. The second-order valence-electron chi connectivity index (χ2n) is 4.81. The van der Waals surface area contributed by atoms with Gasteiger partial charge in [-0.25, -0.2) is 0 Å². The van der Waals surface area contributed by atoms with Gasteiger partial charge in [0.25, 0.3) is 0 Å². The lowest BCUT2D eigenvalue weighted by Crippen LogP contribution is -2.34. The fourth-order valence-corrected chi connectivity index (χ4v) is 2.22. The van der Waals surface area contributed by atoms with Crippen molar-refractivity contribution in [2.24, 2.45) is 0 Å². The van der Waals surface area contributed by atoms with Crippen molar-refractivity contribution in [3.63, 3.8) is 0 Å². The lowest BCUT2D eigenvalue weighted by molar-refractivity contribution is 0.162. The van der Waals surface area contributed by atoms with Gasteiger partial charge in [-0.15, -0.1) is 0 Å². The average molecular weight is 233 g/mol. The number of benzene rings is 1. The van der Waals surface area contributed by atoms with Crippen molar-refractivity contribution in [1.29, 1.82) is 0 Å². The lowest BCUT2D eigenvalue weighted by Gasteiger charge is -2.23.